The lowest BCUT2D eigenvalue weighted by atomic mass is 10.0. The molecule has 1 aliphatic heterocycles. The van der Waals surface area contributed by atoms with Gasteiger partial charge in [-0.05, 0) is 72.9 Å². The highest BCUT2D eigenvalue weighted by molar-refractivity contribution is 7.99. The molecule has 3 aromatic heterocycles. The minimum Gasteiger partial charge on any atom is -0.452 e. The van der Waals surface area contributed by atoms with E-state index in [4.69, 9.17) is 28.2 Å². The maximum absolute atomic E-state index is 6.31. The highest BCUT2D eigenvalue weighted by Crippen LogP contribution is 2.41. The van der Waals surface area contributed by atoms with Gasteiger partial charge in [-0.3, -0.25) is 9.97 Å². The Morgan fingerprint density at radius 1 is 0.969 bits per heavy atom. The lowest BCUT2D eigenvalue weighted by Gasteiger charge is -2.25. The molecule has 0 amide bonds. The van der Waals surface area contributed by atoms with Crippen molar-refractivity contribution >= 4 is 40.7 Å². The summed E-state index contributed by atoms with van der Waals surface area (Å²) in [4.78, 5) is 12.2. The second kappa shape index (κ2) is 9.32. The summed E-state index contributed by atoms with van der Waals surface area (Å²) in [5, 5.41) is 5.61. The van der Waals surface area contributed by atoms with Crippen LogP contribution in [0.15, 0.2) is 99.6 Å². The Labute approximate surface area is 200 Å². The van der Waals surface area contributed by atoms with E-state index in [0.717, 1.165) is 27.1 Å². The summed E-state index contributed by atoms with van der Waals surface area (Å²) in [6.45, 7) is 0.570. The molecule has 1 aromatic carbocycles. The number of rotatable bonds is 6. The van der Waals surface area contributed by atoms with Gasteiger partial charge in [0.2, 0.25) is 0 Å². The van der Waals surface area contributed by atoms with E-state index in [1.54, 1.807) is 24.2 Å². The van der Waals surface area contributed by atoms with Crippen LogP contribution in [-0.4, -0.2) is 20.0 Å². The van der Waals surface area contributed by atoms with E-state index < -0.39 is 0 Å². The first-order valence-corrected chi connectivity index (χ1v) is 11.7. The predicted octanol–water partition coefficient (Wildman–Crippen LogP) is 6.05. The van der Waals surface area contributed by atoms with Gasteiger partial charge >= 0.3 is 0 Å². The van der Waals surface area contributed by atoms with Gasteiger partial charge in [0, 0.05) is 22.3 Å². The van der Waals surface area contributed by atoms with E-state index in [0.29, 0.717) is 16.7 Å². The van der Waals surface area contributed by atoms with Gasteiger partial charge in [0.05, 0.1) is 24.0 Å². The minimum absolute atomic E-state index is 0.132. The number of nitrogens with zero attached hydrogens (tertiary/aromatic N) is 3. The molecule has 0 unspecified atom stereocenters. The van der Waals surface area contributed by atoms with Crippen LogP contribution in [0.1, 0.15) is 29.2 Å². The van der Waals surface area contributed by atoms with Crippen LogP contribution >= 0.6 is 35.6 Å². The van der Waals surface area contributed by atoms with Crippen LogP contribution in [0.5, 0.6) is 0 Å². The molecular weight excluding hydrogens is 460 g/mol. The Balaban J connectivity index is 1.47. The molecule has 1 fully saturated rings. The fourth-order valence-corrected chi connectivity index (χ4v) is 4.93. The highest BCUT2D eigenvalue weighted by Gasteiger charge is 2.41. The van der Waals surface area contributed by atoms with Gasteiger partial charge in [0.1, 0.15) is 11.8 Å². The van der Waals surface area contributed by atoms with E-state index in [1.807, 2.05) is 72.8 Å². The molecule has 5 rings (SSSR count). The van der Waals surface area contributed by atoms with Gasteiger partial charge in [-0.25, -0.2) is 0 Å². The van der Waals surface area contributed by atoms with Crippen molar-refractivity contribution in [2.75, 3.05) is 0 Å². The average Bonchev–Trinajstić information content (AvgIpc) is 3.41. The van der Waals surface area contributed by atoms with Crippen LogP contribution in [0.4, 0.5) is 0 Å². The third-order valence-electron chi connectivity index (χ3n) is 5.18. The number of aromatic nitrogens is 2. The predicted molar refractivity (Wildman–Crippen MR) is 130 cm³/mol. The van der Waals surface area contributed by atoms with E-state index in [-0.39, 0.29) is 12.1 Å². The summed E-state index contributed by atoms with van der Waals surface area (Å²) < 4.78 is 6.31. The van der Waals surface area contributed by atoms with Gasteiger partial charge < -0.3 is 14.6 Å². The molecule has 160 valence electrons. The van der Waals surface area contributed by atoms with Crippen LogP contribution in [0.3, 0.4) is 0 Å². The molecule has 2 atom stereocenters. The lowest BCUT2D eigenvalue weighted by molar-refractivity contribution is 0.253. The molecule has 1 N–H and O–H groups in total. The van der Waals surface area contributed by atoms with Crippen molar-refractivity contribution in [3.05, 3.63) is 107 Å². The Morgan fingerprint density at radius 3 is 2.47 bits per heavy atom. The second-order valence-electron chi connectivity index (χ2n) is 7.29. The first-order valence-electron chi connectivity index (χ1n) is 10.1. The molecule has 0 spiro atoms. The largest absolute Gasteiger partial charge is 0.452 e. The normalized spacial score (nSPS) is 18.0. The Kier molecular flexibility index (Phi) is 6.12. The molecule has 4 aromatic rings. The summed E-state index contributed by atoms with van der Waals surface area (Å²) in [7, 11) is 0. The molecule has 8 heteroatoms. The molecule has 0 radical (unpaired) electrons. The van der Waals surface area contributed by atoms with Crippen LogP contribution in [0.2, 0.25) is 5.02 Å². The number of pyridine rings is 2. The molecule has 4 heterocycles. The quantitative estimate of drug-likeness (QED) is 0.338. The van der Waals surface area contributed by atoms with Gasteiger partial charge in [-0.15, -0.1) is 0 Å². The van der Waals surface area contributed by atoms with Gasteiger partial charge in [-0.2, -0.15) is 0 Å². The molecule has 1 aliphatic rings. The third kappa shape index (κ3) is 4.50. The maximum atomic E-state index is 6.31. The zero-order chi connectivity index (χ0) is 21.9. The SMILES string of the molecule is S=C1N[C@H](c2ccccn2)[C@H](c2ccc(Sc3ccc(Cl)cc3)o2)N1Cc1ccccn1. The van der Waals surface area contributed by atoms with E-state index >= 15 is 0 Å². The summed E-state index contributed by atoms with van der Waals surface area (Å²) >= 11 is 13.3. The smallest absolute Gasteiger partial charge is 0.170 e. The Hall–Kier alpha value is -2.87. The zero-order valence-electron chi connectivity index (χ0n) is 16.9. The Bertz CT molecular complexity index is 1200. The molecule has 0 bridgehead atoms. The lowest BCUT2D eigenvalue weighted by Crippen LogP contribution is -2.29. The topological polar surface area (TPSA) is 54.2 Å². The number of furan rings is 1. The van der Waals surface area contributed by atoms with E-state index in [9.17, 15) is 0 Å². The van der Waals surface area contributed by atoms with Crippen molar-refractivity contribution in [1.29, 1.82) is 0 Å². The van der Waals surface area contributed by atoms with Crippen molar-refractivity contribution in [1.82, 2.24) is 20.2 Å². The van der Waals surface area contributed by atoms with Crippen LogP contribution in [0.25, 0.3) is 0 Å². The Morgan fingerprint density at radius 2 is 1.75 bits per heavy atom. The maximum Gasteiger partial charge on any atom is 0.170 e. The van der Waals surface area contributed by atoms with E-state index in [2.05, 4.69) is 20.2 Å². The summed E-state index contributed by atoms with van der Waals surface area (Å²) in [5.41, 5.74) is 1.84. The fourth-order valence-electron chi connectivity index (χ4n) is 3.72. The highest BCUT2D eigenvalue weighted by atomic mass is 35.5. The fraction of sp³-hybridized carbons (Fsp3) is 0.125. The number of benzene rings is 1. The molecule has 32 heavy (non-hydrogen) atoms. The first kappa shape index (κ1) is 21.0. The summed E-state index contributed by atoms with van der Waals surface area (Å²) in [5.74, 6) is 0.820. The van der Waals surface area contributed by atoms with Crippen molar-refractivity contribution in [2.45, 2.75) is 28.6 Å². The number of hydrogen-bond donors (Lipinski definition) is 1. The molecular formula is C24H19ClN4OS2. The van der Waals surface area contributed by atoms with Crippen LogP contribution < -0.4 is 5.32 Å². The number of hydrogen-bond acceptors (Lipinski definition) is 5. The van der Waals surface area contributed by atoms with Crippen molar-refractivity contribution in [3.8, 4) is 0 Å². The summed E-state index contributed by atoms with van der Waals surface area (Å²) in [6, 6.07) is 23.2. The number of thiocarbonyl (C=S) groups is 1. The molecule has 5 nitrogen and oxygen atoms in total. The van der Waals surface area contributed by atoms with Crippen LogP contribution in [-0.2, 0) is 6.54 Å². The second-order valence-corrected chi connectivity index (χ2v) is 9.19. The third-order valence-corrected chi connectivity index (χ3v) is 6.71. The monoisotopic (exact) mass is 478 g/mol. The average molecular weight is 479 g/mol. The number of nitrogens with one attached hydrogen (secondary N) is 1. The van der Waals surface area contributed by atoms with Crippen LogP contribution in [0, 0.1) is 0 Å². The number of halogens is 1. The van der Waals surface area contributed by atoms with Gasteiger partial charge in [0.25, 0.3) is 0 Å². The molecule has 1 saturated heterocycles. The zero-order valence-corrected chi connectivity index (χ0v) is 19.3. The summed E-state index contributed by atoms with van der Waals surface area (Å²) in [6.07, 6.45) is 3.59. The van der Waals surface area contributed by atoms with E-state index in [1.165, 1.54) is 0 Å². The minimum atomic E-state index is -0.154. The van der Waals surface area contributed by atoms with Gasteiger partial charge in [-0.1, -0.05) is 35.5 Å². The standard InChI is InChI=1S/C24H19ClN4OS2/c25-16-7-9-18(10-8-16)32-21-12-11-20(30-21)23-22(19-6-2-4-14-27-19)28-24(31)29(23)15-17-5-1-3-13-26-17/h1-14,22-23H,15H2,(H,28,31)/t22-,23+/m1/s1. The molecule has 0 aliphatic carbocycles. The first-order chi connectivity index (χ1) is 15.7. The van der Waals surface area contributed by atoms with Crippen molar-refractivity contribution < 1.29 is 4.42 Å². The van der Waals surface area contributed by atoms with Crippen molar-refractivity contribution in [3.63, 3.8) is 0 Å². The van der Waals surface area contributed by atoms with Crippen molar-refractivity contribution in [2.24, 2.45) is 0 Å². The molecule has 0 saturated carbocycles. The van der Waals surface area contributed by atoms with Gasteiger partial charge in [0.15, 0.2) is 10.2 Å².